The minimum atomic E-state index is -1.10. The van der Waals surface area contributed by atoms with Gasteiger partial charge in [-0.25, -0.2) is 14.8 Å². The Kier molecular flexibility index (Phi) is 2.81. The first-order chi connectivity index (χ1) is 7.75. The average Bonchev–Trinajstić information content (AvgIpc) is 2.80. The van der Waals surface area contributed by atoms with Crippen molar-refractivity contribution in [2.75, 3.05) is 0 Å². The molecule has 0 aliphatic carbocycles. The number of nitrogens with one attached hydrogen (secondary N) is 1. The van der Waals surface area contributed by atoms with Crippen molar-refractivity contribution in [1.29, 1.82) is 0 Å². The summed E-state index contributed by atoms with van der Waals surface area (Å²) in [6.07, 6.45) is 3.64. The minimum Gasteiger partial charge on any atom is -0.465 e. The molecule has 0 bridgehead atoms. The molecule has 0 saturated carbocycles. The van der Waals surface area contributed by atoms with Crippen molar-refractivity contribution in [1.82, 2.24) is 15.3 Å². The molecule has 6 heteroatoms. The van der Waals surface area contributed by atoms with Crippen molar-refractivity contribution >= 4 is 6.09 Å². The summed E-state index contributed by atoms with van der Waals surface area (Å²) in [5.41, 5.74) is 0.754. The van der Waals surface area contributed by atoms with Crippen LogP contribution in [0.25, 0.3) is 11.3 Å². The minimum absolute atomic E-state index is 0.0910. The molecule has 0 atom stereocenters. The first-order valence-corrected chi connectivity index (χ1v) is 4.57. The maximum Gasteiger partial charge on any atom is 0.405 e. The molecule has 6 nitrogen and oxygen atoms in total. The summed E-state index contributed by atoms with van der Waals surface area (Å²) >= 11 is 0. The molecule has 16 heavy (non-hydrogen) atoms. The van der Waals surface area contributed by atoms with E-state index >= 15 is 0 Å². The van der Waals surface area contributed by atoms with Crippen molar-refractivity contribution in [3.63, 3.8) is 0 Å². The molecule has 2 aromatic heterocycles. The predicted molar refractivity (Wildman–Crippen MR) is 54.6 cm³/mol. The van der Waals surface area contributed by atoms with Crippen LogP contribution in [0.3, 0.4) is 0 Å². The molecule has 2 N–H and O–H groups in total. The first-order valence-electron chi connectivity index (χ1n) is 4.57. The van der Waals surface area contributed by atoms with Gasteiger partial charge in [-0.05, 0) is 12.1 Å². The van der Waals surface area contributed by atoms with E-state index in [1.165, 1.54) is 0 Å². The van der Waals surface area contributed by atoms with Gasteiger partial charge in [-0.2, -0.15) is 0 Å². The second-order valence-corrected chi connectivity index (χ2v) is 3.02. The van der Waals surface area contributed by atoms with Crippen LogP contribution in [-0.2, 0) is 6.54 Å². The lowest BCUT2D eigenvalue weighted by Crippen LogP contribution is -2.21. The number of furan rings is 1. The summed E-state index contributed by atoms with van der Waals surface area (Å²) in [5.74, 6) is 1.09. The van der Waals surface area contributed by atoms with E-state index in [0.29, 0.717) is 11.6 Å². The van der Waals surface area contributed by atoms with Gasteiger partial charge >= 0.3 is 6.09 Å². The van der Waals surface area contributed by atoms with Gasteiger partial charge in [-0.1, -0.05) is 0 Å². The number of rotatable bonds is 3. The molecule has 0 fully saturated rings. The molecule has 82 valence electrons. The van der Waals surface area contributed by atoms with Crippen LogP contribution in [0.2, 0.25) is 0 Å². The molecular formula is C10H9N3O3. The molecular weight excluding hydrogens is 210 g/mol. The Morgan fingerprint density at radius 3 is 2.75 bits per heavy atom. The Bertz CT molecular complexity index is 465. The summed E-state index contributed by atoms with van der Waals surface area (Å²) in [4.78, 5) is 18.3. The maximum absolute atomic E-state index is 10.2. The molecule has 0 spiro atoms. The highest BCUT2D eigenvalue weighted by molar-refractivity contribution is 5.64. The monoisotopic (exact) mass is 219 g/mol. The molecule has 0 radical (unpaired) electrons. The predicted octanol–water partition coefficient (Wildman–Crippen LogP) is 1.50. The lowest BCUT2D eigenvalue weighted by molar-refractivity contribution is 0.193. The van der Waals surface area contributed by atoms with E-state index < -0.39 is 6.09 Å². The van der Waals surface area contributed by atoms with E-state index in [-0.39, 0.29) is 6.54 Å². The van der Waals surface area contributed by atoms with Crippen LogP contribution < -0.4 is 5.32 Å². The summed E-state index contributed by atoms with van der Waals surface area (Å²) in [6.45, 7) is 0.0910. The highest BCUT2D eigenvalue weighted by Crippen LogP contribution is 2.17. The number of carbonyl (C=O) groups is 1. The van der Waals surface area contributed by atoms with Crippen molar-refractivity contribution in [2.45, 2.75) is 6.54 Å². The zero-order valence-corrected chi connectivity index (χ0v) is 8.25. The van der Waals surface area contributed by atoms with E-state index in [1.54, 1.807) is 30.8 Å². The fourth-order valence-corrected chi connectivity index (χ4v) is 1.17. The third-order valence-corrected chi connectivity index (χ3v) is 1.91. The number of aromatic nitrogens is 2. The third-order valence-electron chi connectivity index (χ3n) is 1.91. The molecule has 2 aromatic rings. The number of hydrogen-bond acceptors (Lipinski definition) is 4. The molecule has 0 aliphatic heterocycles. The summed E-state index contributed by atoms with van der Waals surface area (Å²) in [5, 5.41) is 10.6. The van der Waals surface area contributed by atoms with E-state index in [4.69, 9.17) is 9.52 Å². The van der Waals surface area contributed by atoms with Crippen LogP contribution in [0.15, 0.2) is 35.2 Å². The highest BCUT2D eigenvalue weighted by Gasteiger charge is 2.03. The normalized spacial score (nSPS) is 10.0. The standard InChI is InChI=1S/C10H9N3O3/c14-10(15)13-6-9-11-4-7(5-12-9)8-2-1-3-16-8/h1-5,13H,6H2,(H,14,15). The lowest BCUT2D eigenvalue weighted by Gasteiger charge is -2.00. The second kappa shape index (κ2) is 4.43. The zero-order chi connectivity index (χ0) is 11.4. The number of amides is 1. The van der Waals surface area contributed by atoms with E-state index in [2.05, 4.69) is 15.3 Å². The summed E-state index contributed by atoms with van der Waals surface area (Å²) < 4.78 is 5.17. The Morgan fingerprint density at radius 2 is 2.19 bits per heavy atom. The molecule has 0 aliphatic rings. The number of carboxylic acid groups (broad SMARTS) is 1. The van der Waals surface area contributed by atoms with Gasteiger partial charge in [-0.3, -0.25) is 0 Å². The topological polar surface area (TPSA) is 88.2 Å². The Hall–Kier alpha value is -2.37. The number of nitrogens with zero attached hydrogens (tertiary/aromatic N) is 2. The van der Waals surface area contributed by atoms with Crippen LogP contribution >= 0.6 is 0 Å². The van der Waals surface area contributed by atoms with Gasteiger partial charge in [0, 0.05) is 12.4 Å². The van der Waals surface area contributed by atoms with E-state index in [0.717, 1.165) is 5.56 Å². The van der Waals surface area contributed by atoms with Crippen LogP contribution in [0.5, 0.6) is 0 Å². The van der Waals surface area contributed by atoms with Gasteiger partial charge in [0.05, 0.1) is 18.4 Å². The largest absolute Gasteiger partial charge is 0.465 e. The van der Waals surface area contributed by atoms with Crippen molar-refractivity contribution in [3.05, 3.63) is 36.6 Å². The zero-order valence-electron chi connectivity index (χ0n) is 8.25. The maximum atomic E-state index is 10.2. The van der Waals surface area contributed by atoms with Crippen molar-refractivity contribution in [2.24, 2.45) is 0 Å². The summed E-state index contributed by atoms with van der Waals surface area (Å²) in [6, 6.07) is 3.57. The van der Waals surface area contributed by atoms with Crippen molar-refractivity contribution < 1.29 is 14.3 Å². The molecule has 0 unspecified atom stereocenters. The van der Waals surface area contributed by atoms with Gasteiger partial charge in [0.2, 0.25) is 0 Å². The van der Waals surface area contributed by atoms with Gasteiger partial charge in [-0.15, -0.1) is 0 Å². The first kappa shape index (κ1) is 10.2. The van der Waals surface area contributed by atoms with Crippen LogP contribution in [0.1, 0.15) is 5.82 Å². The van der Waals surface area contributed by atoms with Crippen LogP contribution in [0.4, 0.5) is 4.79 Å². The second-order valence-electron chi connectivity index (χ2n) is 3.02. The van der Waals surface area contributed by atoms with Gasteiger partial charge in [0.1, 0.15) is 11.6 Å². The Balaban J connectivity index is 2.08. The van der Waals surface area contributed by atoms with Gasteiger partial charge in [0.15, 0.2) is 0 Å². The SMILES string of the molecule is O=C(O)NCc1ncc(-c2ccco2)cn1. The van der Waals surface area contributed by atoms with E-state index in [1.807, 2.05) is 0 Å². The molecule has 2 heterocycles. The number of hydrogen-bond donors (Lipinski definition) is 2. The van der Waals surface area contributed by atoms with Crippen LogP contribution in [-0.4, -0.2) is 21.2 Å². The smallest absolute Gasteiger partial charge is 0.405 e. The average molecular weight is 219 g/mol. The lowest BCUT2D eigenvalue weighted by atomic mass is 10.3. The Labute approximate surface area is 91.0 Å². The van der Waals surface area contributed by atoms with Crippen molar-refractivity contribution in [3.8, 4) is 11.3 Å². The fraction of sp³-hybridized carbons (Fsp3) is 0.100. The quantitative estimate of drug-likeness (QED) is 0.816. The molecule has 0 saturated heterocycles. The van der Waals surface area contributed by atoms with Gasteiger partial charge < -0.3 is 14.8 Å². The van der Waals surface area contributed by atoms with Crippen LogP contribution in [0, 0.1) is 0 Å². The molecule has 2 rings (SSSR count). The molecule has 1 amide bonds. The summed E-state index contributed by atoms with van der Waals surface area (Å²) in [7, 11) is 0. The fourth-order valence-electron chi connectivity index (χ4n) is 1.17. The Morgan fingerprint density at radius 1 is 1.44 bits per heavy atom. The molecule has 0 aromatic carbocycles. The van der Waals surface area contributed by atoms with E-state index in [9.17, 15) is 4.79 Å². The highest BCUT2D eigenvalue weighted by atomic mass is 16.4. The van der Waals surface area contributed by atoms with Gasteiger partial charge in [0.25, 0.3) is 0 Å². The third kappa shape index (κ3) is 2.35.